The molecule has 6 heteroatoms. The number of rotatable bonds is 10. The first-order valence-corrected chi connectivity index (χ1v) is 10.1. The number of amides is 1. The van der Waals surface area contributed by atoms with Gasteiger partial charge in [-0.3, -0.25) is 4.79 Å². The van der Waals surface area contributed by atoms with E-state index in [2.05, 4.69) is 5.32 Å². The van der Waals surface area contributed by atoms with Crippen molar-refractivity contribution in [3.05, 3.63) is 59.7 Å². The molecule has 0 unspecified atom stereocenters. The van der Waals surface area contributed by atoms with Crippen LogP contribution in [0.15, 0.2) is 48.5 Å². The van der Waals surface area contributed by atoms with Crippen LogP contribution in [0.3, 0.4) is 0 Å². The second kappa shape index (κ2) is 11.3. The molecule has 0 aliphatic heterocycles. The lowest BCUT2D eigenvalue weighted by Crippen LogP contribution is -2.15. The maximum absolute atomic E-state index is 12.2. The van der Waals surface area contributed by atoms with Gasteiger partial charge in [-0.25, -0.2) is 4.79 Å². The second-order valence-corrected chi connectivity index (χ2v) is 6.79. The molecule has 0 heterocycles. The lowest BCUT2D eigenvalue weighted by molar-refractivity contribution is -0.113. The summed E-state index contributed by atoms with van der Waals surface area (Å²) in [4.78, 5) is 23.9. The maximum atomic E-state index is 12.2. The minimum Gasteiger partial charge on any atom is -0.492 e. The number of esters is 1. The summed E-state index contributed by atoms with van der Waals surface area (Å²) in [5, 5.41) is 2.88. The summed E-state index contributed by atoms with van der Waals surface area (Å²) in [6.45, 7) is 4.84. The summed E-state index contributed by atoms with van der Waals surface area (Å²) in [5.41, 5.74) is 2.27. The monoisotopic (exact) mass is 387 g/mol. The molecule has 0 aliphatic rings. The number of nitrogens with one attached hydrogen (secondary N) is 1. The van der Waals surface area contributed by atoms with Gasteiger partial charge in [0.1, 0.15) is 5.75 Å². The highest BCUT2D eigenvalue weighted by molar-refractivity contribution is 7.99. The molecule has 0 fully saturated rings. The smallest absolute Gasteiger partial charge is 0.338 e. The van der Waals surface area contributed by atoms with E-state index in [0.717, 1.165) is 12.0 Å². The van der Waals surface area contributed by atoms with E-state index in [4.69, 9.17) is 9.47 Å². The summed E-state index contributed by atoms with van der Waals surface area (Å²) in [5.74, 6) is 1.31. The highest BCUT2D eigenvalue weighted by Gasteiger charge is 2.09. The van der Waals surface area contributed by atoms with Gasteiger partial charge in [-0.15, -0.1) is 11.8 Å². The van der Waals surface area contributed by atoms with E-state index in [9.17, 15) is 9.59 Å². The van der Waals surface area contributed by atoms with Gasteiger partial charge in [0, 0.05) is 5.75 Å². The van der Waals surface area contributed by atoms with Gasteiger partial charge >= 0.3 is 5.97 Å². The van der Waals surface area contributed by atoms with Crippen molar-refractivity contribution < 1.29 is 19.1 Å². The Labute approximate surface area is 164 Å². The number of thioether (sulfide) groups is 1. The molecule has 0 bridgehead atoms. The molecular formula is C21H25NO4S. The predicted octanol–water partition coefficient (Wildman–Crippen LogP) is 4.52. The average Bonchev–Trinajstić information content (AvgIpc) is 2.68. The van der Waals surface area contributed by atoms with E-state index >= 15 is 0 Å². The van der Waals surface area contributed by atoms with Gasteiger partial charge < -0.3 is 14.8 Å². The fourth-order valence-corrected chi connectivity index (χ4v) is 3.10. The molecule has 1 N–H and O–H groups in total. The fraction of sp³-hybridized carbons (Fsp3) is 0.333. The summed E-state index contributed by atoms with van der Waals surface area (Å²) >= 11 is 1.51. The molecule has 0 spiro atoms. The number of hydrogen-bond donors (Lipinski definition) is 1. The Bertz CT molecular complexity index is 746. The second-order valence-electron chi connectivity index (χ2n) is 5.80. The average molecular weight is 388 g/mol. The Kier molecular flexibility index (Phi) is 8.71. The van der Waals surface area contributed by atoms with Crippen molar-refractivity contribution in [1.29, 1.82) is 0 Å². The molecule has 0 atom stereocenters. The van der Waals surface area contributed by atoms with Gasteiger partial charge in [0.2, 0.25) is 5.91 Å². The number of anilines is 1. The van der Waals surface area contributed by atoms with E-state index < -0.39 is 0 Å². The first-order valence-electron chi connectivity index (χ1n) is 8.99. The summed E-state index contributed by atoms with van der Waals surface area (Å²) in [7, 11) is 0. The van der Waals surface area contributed by atoms with Gasteiger partial charge in [0.15, 0.2) is 0 Å². The van der Waals surface area contributed by atoms with Gasteiger partial charge in [-0.05, 0) is 43.2 Å². The minimum absolute atomic E-state index is 0.0769. The van der Waals surface area contributed by atoms with Crippen LogP contribution in [0.4, 0.5) is 5.69 Å². The predicted molar refractivity (Wildman–Crippen MR) is 109 cm³/mol. The largest absolute Gasteiger partial charge is 0.492 e. The van der Waals surface area contributed by atoms with E-state index in [1.165, 1.54) is 11.8 Å². The fourth-order valence-electron chi connectivity index (χ4n) is 2.31. The quantitative estimate of drug-likeness (QED) is 0.607. The summed E-state index contributed by atoms with van der Waals surface area (Å²) < 4.78 is 10.6. The van der Waals surface area contributed by atoms with E-state index in [1.54, 1.807) is 12.1 Å². The van der Waals surface area contributed by atoms with Crippen LogP contribution in [0.1, 0.15) is 36.2 Å². The SMILES string of the molecule is CCCOC(=O)c1ccc(CSCC(=O)Nc2ccccc2OCC)cc1. The van der Waals surface area contributed by atoms with Crippen LogP contribution in [0.5, 0.6) is 5.75 Å². The Morgan fingerprint density at radius 1 is 1.04 bits per heavy atom. The number of hydrogen-bond acceptors (Lipinski definition) is 5. The van der Waals surface area contributed by atoms with Crippen LogP contribution in [0.25, 0.3) is 0 Å². The Morgan fingerprint density at radius 3 is 2.48 bits per heavy atom. The van der Waals surface area contributed by atoms with Crippen molar-refractivity contribution in [2.45, 2.75) is 26.0 Å². The molecule has 5 nitrogen and oxygen atoms in total. The molecule has 144 valence electrons. The highest BCUT2D eigenvalue weighted by atomic mass is 32.2. The van der Waals surface area contributed by atoms with Crippen LogP contribution in [-0.4, -0.2) is 30.8 Å². The van der Waals surface area contributed by atoms with E-state index in [-0.39, 0.29) is 11.9 Å². The molecule has 0 aromatic heterocycles. The molecule has 0 aliphatic carbocycles. The van der Waals surface area contributed by atoms with Crippen molar-refractivity contribution >= 4 is 29.3 Å². The topological polar surface area (TPSA) is 64.6 Å². The third-order valence-electron chi connectivity index (χ3n) is 3.59. The third-order valence-corrected chi connectivity index (χ3v) is 4.59. The number of para-hydroxylation sites is 2. The van der Waals surface area contributed by atoms with E-state index in [1.807, 2.05) is 50.2 Å². The Hall–Kier alpha value is -2.47. The van der Waals surface area contributed by atoms with Crippen LogP contribution < -0.4 is 10.1 Å². The zero-order valence-electron chi connectivity index (χ0n) is 15.7. The number of carbonyl (C=O) groups is 2. The lowest BCUT2D eigenvalue weighted by atomic mass is 10.1. The van der Waals surface area contributed by atoms with Gasteiger partial charge in [-0.2, -0.15) is 0 Å². The maximum Gasteiger partial charge on any atom is 0.338 e. The van der Waals surface area contributed by atoms with Gasteiger partial charge in [-0.1, -0.05) is 31.2 Å². The zero-order chi connectivity index (χ0) is 19.5. The van der Waals surface area contributed by atoms with E-state index in [0.29, 0.717) is 41.7 Å². The van der Waals surface area contributed by atoms with Crippen molar-refractivity contribution in [1.82, 2.24) is 0 Å². The minimum atomic E-state index is -0.302. The van der Waals surface area contributed by atoms with Crippen LogP contribution in [0, 0.1) is 0 Å². The lowest BCUT2D eigenvalue weighted by Gasteiger charge is -2.11. The number of benzene rings is 2. The van der Waals surface area contributed by atoms with Gasteiger partial charge in [0.25, 0.3) is 0 Å². The third kappa shape index (κ3) is 6.98. The molecule has 2 aromatic rings. The van der Waals surface area contributed by atoms with Crippen molar-refractivity contribution in [2.24, 2.45) is 0 Å². The Balaban J connectivity index is 1.79. The molecule has 0 saturated heterocycles. The first-order chi connectivity index (χ1) is 13.1. The van der Waals surface area contributed by atoms with Crippen LogP contribution in [-0.2, 0) is 15.3 Å². The highest BCUT2D eigenvalue weighted by Crippen LogP contribution is 2.24. The van der Waals surface area contributed by atoms with Crippen molar-refractivity contribution in [2.75, 3.05) is 24.3 Å². The van der Waals surface area contributed by atoms with Crippen LogP contribution in [0.2, 0.25) is 0 Å². The standard InChI is InChI=1S/C21H25NO4S/c1-3-13-26-21(24)17-11-9-16(10-12-17)14-27-15-20(23)22-18-7-5-6-8-19(18)25-4-2/h5-12H,3-4,13-15H2,1-2H3,(H,22,23). The first kappa shape index (κ1) is 20.8. The number of carbonyl (C=O) groups excluding carboxylic acids is 2. The molecule has 0 radical (unpaired) electrons. The zero-order valence-corrected chi connectivity index (χ0v) is 16.5. The Morgan fingerprint density at radius 2 is 1.78 bits per heavy atom. The number of ether oxygens (including phenoxy) is 2. The van der Waals surface area contributed by atoms with Crippen molar-refractivity contribution in [3.63, 3.8) is 0 Å². The van der Waals surface area contributed by atoms with Crippen molar-refractivity contribution in [3.8, 4) is 5.75 Å². The molecule has 1 amide bonds. The molecule has 0 saturated carbocycles. The normalized spacial score (nSPS) is 10.3. The summed E-state index contributed by atoms with van der Waals surface area (Å²) in [6.07, 6.45) is 0.803. The molecule has 27 heavy (non-hydrogen) atoms. The van der Waals surface area contributed by atoms with Gasteiger partial charge in [0.05, 0.1) is 30.2 Å². The molecule has 2 aromatic carbocycles. The van der Waals surface area contributed by atoms with Crippen LogP contribution >= 0.6 is 11.8 Å². The molecule has 2 rings (SSSR count). The molecular weight excluding hydrogens is 362 g/mol. The summed E-state index contributed by atoms with van der Waals surface area (Å²) in [6, 6.07) is 14.7.